The molecule has 0 spiro atoms. The molecule has 4 heteroatoms. The highest BCUT2D eigenvalue weighted by Gasteiger charge is 2.08. The molecule has 0 saturated heterocycles. The standard InChI is InChI=1S/C12H18O4/c1-9(7-15-13)11-3-5-12(6-4-11)10(2)8-16-14/h3-6,9-10,13-14H,7-8H2,1-2H3. The van der Waals surface area contributed by atoms with Crippen LogP contribution in [-0.2, 0) is 9.78 Å². The van der Waals surface area contributed by atoms with Gasteiger partial charge in [-0.05, 0) is 11.1 Å². The smallest absolute Gasteiger partial charge is 0.0885 e. The monoisotopic (exact) mass is 226 g/mol. The molecule has 0 saturated carbocycles. The minimum absolute atomic E-state index is 0.156. The van der Waals surface area contributed by atoms with Gasteiger partial charge in [-0.25, -0.2) is 9.78 Å². The molecule has 0 aromatic heterocycles. The van der Waals surface area contributed by atoms with Gasteiger partial charge in [-0.1, -0.05) is 38.1 Å². The summed E-state index contributed by atoms with van der Waals surface area (Å²) in [5.74, 6) is 0.312. The first-order chi connectivity index (χ1) is 7.69. The fraction of sp³-hybridized carbons (Fsp3) is 0.500. The Morgan fingerprint density at radius 3 is 1.44 bits per heavy atom. The van der Waals surface area contributed by atoms with Gasteiger partial charge in [0, 0.05) is 11.8 Å². The summed E-state index contributed by atoms with van der Waals surface area (Å²) in [6, 6.07) is 7.97. The zero-order valence-corrected chi connectivity index (χ0v) is 9.59. The zero-order valence-electron chi connectivity index (χ0n) is 9.59. The van der Waals surface area contributed by atoms with Crippen molar-refractivity contribution >= 4 is 0 Å². The molecule has 1 aromatic rings. The van der Waals surface area contributed by atoms with Crippen molar-refractivity contribution in [3.8, 4) is 0 Å². The van der Waals surface area contributed by atoms with Crippen molar-refractivity contribution < 1.29 is 20.3 Å². The van der Waals surface area contributed by atoms with Gasteiger partial charge in [0.15, 0.2) is 0 Å². The highest BCUT2D eigenvalue weighted by Crippen LogP contribution is 2.20. The Kier molecular flexibility index (Phi) is 5.42. The summed E-state index contributed by atoms with van der Waals surface area (Å²) in [5.41, 5.74) is 2.21. The lowest BCUT2D eigenvalue weighted by molar-refractivity contribution is -0.245. The second-order valence-corrected chi connectivity index (χ2v) is 4.06. The maximum absolute atomic E-state index is 8.37. The summed E-state index contributed by atoms with van der Waals surface area (Å²) >= 11 is 0. The molecule has 2 N–H and O–H groups in total. The molecule has 1 rings (SSSR count). The molecular weight excluding hydrogens is 208 g/mol. The fourth-order valence-corrected chi connectivity index (χ4v) is 1.57. The Morgan fingerprint density at radius 1 is 0.875 bits per heavy atom. The van der Waals surface area contributed by atoms with Crippen LogP contribution in [0.1, 0.15) is 36.8 Å². The van der Waals surface area contributed by atoms with Crippen LogP contribution >= 0.6 is 0 Å². The first-order valence-electron chi connectivity index (χ1n) is 5.31. The SMILES string of the molecule is CC(COO)c1ccc(C(C)COO)cc1. The lowest BCUT2D eigenvalue weighted by atomic mass is 9.96. The Labute approximate surface area is 95.3 Å². The summed E-state index contributed by atoms with van der Waals surface area (Å²) in [4.78, 5) is 8.24. The summed E-state index contributed by atoms with van der Waals surface area (Å²) in [6.07, 6.45) is 0. The van der Waals surface area contributed by atoms with Crippen molar-refractivity contribution in [1.82, 2.24) is 0 Å². The number of hydrogen-bond acceptors (Lipinski definition) is 4. The van der Waals surface area contributed by atoms with Gasteiger partial charge in [0.2, 0.25) is 0 Å². The maximum Gasteiger partial charge on any atom is 0.0885 e. The predicted molar refractivity (Wildman–Crippen MR) is 60.4 cm³/mol. The molecular formula is C12H18O4. The third kappa shape index (κ3) is 3.57. The largest absolute Gasteiger partial charge is 0.252 e. The lowest BCUT2D eigenvalue weighted by Gasteiger charge is -2.13. The van der Waals surface area contributed by atoms with Gasteiger partial charge in [-0.2, -0.15) is 0 Å². The van der Waals surface area contributed by atoms with Crippen LogP contribution < -0.4 is 0 Å². The van der Waals surface area contributed by atoms with E-state index in [-0.39, 0.29) is 25.0 Å². The van der Waals surface area contributed by atoms with E-state index in [4.69, 9.17) is 10.5 Å². The molecule has 0 aliphatic rings. The first kappa shape index (κ1) is 13.1. The van der Waals surface area contributed by atoms with Gasteiger partial charge in [0.25, 0.3) is 0 Å². The second-order valence-electron chi connectivity index (χ2n) is 4.06. The topological polar surface area (TPSA) is 58.9 Å². The molecule has 0 fully saturated rings. The zero-order chi connectivity index (χ0) is 12.0. The van der Waals surface area contributed by atoms with Crippen molar-refractivity contribution in [2.75, 3.05) is 13.2 Å². The summed E-state index contributed by atoms with van der Waals surface area (Å²) < 4.78 is 0. The normalized spacial score (nSPS) is 14.8. The van der Waals surface area contributed by atoms with Crippen molar-refractivity contribution in [2.24, 2.45) is 0 Å². The summed E-state index contributed by atoms with van der Waals surface area (Å²) in [5, 5.41) is 16.7. The average molecular weight is 226 g/mol. The van der Waals surface area contributed by atoms with Crippen LogP contribution in [0.4, 0.5) is 0 Å². The molecule has 90 valence electrons. The minimum atomic E-state index is 0.156. The molecule has 0 bridgehead atoms. The van der Waals surface area contributed by atoms with Crippen LogP contribution in [0.5, 0.6) is 0 Å². The van der Waals surface area contributed by atoms with Crippen molar-refractivity contribution in [3.05, 3.63) is 35.4 Å². The lowest BCUT2D eigenvalue weighted by Crippen LogP contribution is -2.04. The van der Waals surface area contributed by atoms with Gasteiger partial charge in [-0.3, -0.25) is 10.5 Å². The quantitative estimate of drug-likeness (QED) is 0.578. The average Bonchev–Trinajstić information content (AvgIpc) is 2.30. The van der Waals surface area contributed by atoms with Gasteiger partial charge in [0.1, 0.15) is 0 Å². The van der Waals surface area contributed by atoms with Crippen LogP contribution in [0, 0.1) is 0 Å². The van der Waals surface area contributed by atoms with Gasteiger partial charge < -0.3 is 0 Å². The van der Waals surface area contributed by atoms with E-state index in [1.807, 2.05) is 38.1 Å². The number of hydrogen-bond donors (Lipinski definition) is 2. The van der Waals surface area contributed by atoms with Gasteiger partial charge in [-0.15, -0.1) is 0 Å². The predicted octanol–water partition coefficient (Wildman–Crippen LogP) is 2.87. The highest BCUT2D eigenvalue weighted by atomic mass is 17.1. The third-order valence-corrected chi connectivity index (χ3v) is 2.72. The van der Waals surface area contributed by atoms with E-state index < -0.39 is 0 Å². The second kappa shape index (κ2) is 6.60. The van der Waals surface area contributed by atoms with Crippen molar-refractivity contribution in [3.63, 3.8) is 0 Å². The summed E-state index contributed by atoms with van der Waals surface area (Å²) in [6.45, 7) is 4.53. The minimum Gasteiger partial charge on any atom is -0.252 e. The fourth-order valence-electron chi connectivity index (χ4n) is 1.57. The van der Waals surface area contributed by atoms with Gasteiger partial charge >= 0.3 is 0 Å². The molecule has 0 aliphatic carbocycles. The number of rotatable bonds is 6. The van der Waals surface area contributed by atoms with Crippen LogP contribution in [-0.4, -0.2) is 23.7 Å². The Hall–Kier alpha value is -0.940. The first-order valence-corrected chi connectivity index (χ1v) is 5.31. The van der Waals surface area contributed by atoms with E-state index in [1.165, 1.54) is 0 Å². The van der Waals surface area contributed by atoms with Crippen LogP contribution in [0.3, 0.4) is 0 Å². The molecule has 0 radical (unpaired) electrons. The third-order valence-electron chi connectivity index (χ3n) is 2.72. The van der Waals surface area contributed by atoms with Crippen LogP contribution in [0.25, 0.3) is 0 Å². The molecule has 4 nitrogen and oxygen atoms in total. The van der Waals surface area contributed by atoms with Crippen molar-refractivity contribution in [2.45, 2.75) is 25.7 Å². The molecule has 0 heterocycles. The van der Waals surface area contributed by atoms with E-state index in [2.05, 4.69) is 9.78 Å². The van der Waals surface area contributed by atoms with Gasteiger partial charge in [0.05, 0.1) is 13.2 Å². The van der Waals surface area contributed by atoms with E-state index >= 15 is 0 Å². The molecule has 1 aromatic carbocycles. The van der Waals surface area contributed by atoms with E-state index in [0.29, 0.717) is 0 Å². The molecule has 0 aliphatic heterocycles. The highest BCUT2D eigenvalue weighted by molar-refractivity contribution is 5.27. The van der Waals surface area contributed by atoms with E-state index in [0.717, 1.165) is 11.1 Å². The summed E-state index contributed by atoms with van der Waals surface area (Å²) in [7, 11) is 0. The molecule has 0 amide bonds. The molecule has 2 atom stereocenters. The van der Waals surface area contributed by atoms with E-state index in [9.17, 15) is 0 Å². The Morgan fingerprint density at radius 2 is 1.19 bits per heavy atom. The Balaban J connectivity index is 2.67. The Bertz CT molecular complexity index is 265. The molecule has 2 unspecified atom stereocenters. The molecule has 16 heavy (non-hydrogen) atoms. The number of benzene rings is 1. The maximum atomic E-state index is 8.37. The van der Waals surface area contributed by atoms with E-state index in [1.54, 1.807) is 0 Å². The van der Waals surface area contributed by atoms with Crippen LogP contribution in [0.2, 0.25) is 0 Å². The van der Waals surface area contributed by atoms with Crippen LogP contribution in [0.15, 0.2) is 24.3 Å². The van der Waals surface area contributed by atoms with Crippen molar-refractivity contribution in [1.29, 1.82) is 0 Å².